The third kappa shape index (κ3) is 8.31. The maximum atomic E-state index is 12.5. The number of hydrogen-bond donors (Lipinski definition) is 2. The summed E-state index contributed by atoms with van der Waals surface area (Å²) in [5.41, 5.74) is 5.41. The number of nitrogens with one attached hydrogen (secondary N) is 2. The summed E-state index contributed by atoms with van der Waals surface area (Å²) in [4.78, 5) is 42.7. The van der Waals surface area contributed by atoms with Crippen LogP contribution in [0.25, 0.3) is 0 Å². The summed E-state index contributed by atoms with van der Waals surface area (Å²) in [6, 6.07) is 15.0. The van der Waals surface area contributed by atoms with Crippen LogP contribution < -0.4 is 15.5 Å². The molecule has 38 heavy (non-hydrogen) atoms. The fourth-order valence-corrected chi connectivity index (χ4v) is 4.33. The van der Waals surface area contributed by atoms with Gasteiger partial charge in [0.05, 0.1) is 12.3 Å². The van der Waals surface area contributed by atoms with Gasteiger partial charge in [-0.2, -0.15) is 0 Å². The summed E-state index contributed by atoms with van der Waals surface area (Å²) < 4.78 is 11.3. The Labute approximate surface area is 223 Å². The molecule has 10 heteroatoms. The summed E-state index contributed by atoms with van der Waals surface area (Å²) in [6.45, 7) is 4.11. The predicted molar refractivity (Wildman–Crippen MR) is 142 cm³/mol. The lowest BCUT2D eigenvalue weighted by Gasteiger charge is -2.29. The molecule has 2 aromatic carbocycles. The molecule has 4 rings (SSSR count). The van der Waals surface area contributed by atoms with Gasteiger partial charge in [-0.15, -0.1) is 0 Å². The quantitative estimate of drug-likeness (QED) is 0.365. The molecular formula is C28H35N5O5. The van der Waals surface area contributed by atoms with Gasteiger partial charge in [-0.3, -0.25) is 25.1 Å². The van der Waals surface area contributed by atoms with E-state index in [0.29, 0.717) is 37.4 Å². The number of rotatable bonds is 10. The fraction of sp³-hybridized carbons (Fsp3) is 0.429. The van der Waals surface area contributed by atoms with E-state index in [4.69, 9.17) is 9.47 Å². The van der Waals surface area contributed by atoms with Crippen molar-refractivity contribution in [3.8, 4) is 5.75 Å². The molecule has 202 valence electrons. The number of amides is 2. The van der Waals surface area contributed by atoms with Gasteiger partial charge in [-0.1, -0.05) is 42.8 Å². The highest BCUT2D eigenvalue weighted by Gasteiger charge is 2.24. The Hall–Kier alpha value is -3.92. The fourth-order valence-electron chi connectivity index (χ4n) is 4.33. The van der Waals surface area contributed by atoms with Gasteiger partial charge < -0.3 is 14.4 Å². The van der Waals surface area contributed by atoms with E-state index in [1.165, 1.54) is 13.3 Å². The number of benzene rings is 2. The molecule has 0 atom stereocenters. The van der Waals surface area contributed by atoms with Gasteiger partial charge in [0.1, 0.15) is 18.9 Å². The number of guanidine groups is 1. The van der Waals surface area contributed by atoms with Crippen molar-refractivity contribution < 1.29 is 23.9 Å². The Morgan fingerprint density at radius 2 is 1.82 bits per heavy atom. The molecule has 2 aliphatic heterocycles. The van der Waals surface area contributed by atoms with Crippen molar-refractivity contribution in [2.45, 2.75) is 52.2 Å². The van der Waals surface area contributed by atoms with E-state index in [-0.39, 0.29) is 30.9 Å². The summed E-state index contributed by atoms with van der Waals surface area (Å²) >= 11 is 0. The molecule has 0 spiro atoms. The van der Waals surface area contributed by atoms with Crippen LogP contribution in [-0.2, 0) is 32.3 Å². The van der Waals surface area contributed by atoms with Crippen molar-refractivity contribution in [3.63, 3.8) is 0 Å². The highest BCUT2D eigenvalue weighted by molar-refractivity contribution is 5.99. The number of fused-ring (bicyclic) bond motifs is 1. The molecule has 2 N–H and O–H groups in total. The number of ether oxygens (including phenoxy) is 2. The van der Waals surface area contributed by atoms with Crippen molar-refractivity contribution in [3.05, 3.63) is 59.7 Å². The third-order valence-electron chi connectivity index (χ3n) is 6.25. The monoisotopic (exact) mass is 521 g/mol. The number of aliphatic imine (C=N–C) groups is 1. The van der Waals surface area contributed by atoms with E-state index in [0.717, 1.165) is 37.1 Å². The second-order valence-electron chi connectivity index (χ2n) is 9.44. The predicted octanol–water partition coefficient (Wildman–Crippen LogP) is 3.05. The Balaban J connectivity index is 1.29. The molecule has 10 nitrogen and oxygen atoms in total. The third-order valence-corrected chi connectivity index (χ3v) is 6.25. The van der Waals surface area contributed by atoms with Gasteiger partial charge in [0.25, 0.3) is 0 Å². The molecule has 0 saturated carbocycles. The lowest BCUT2D eigenvalue weighted by molar-refractivity contribution is -0.145. The minimum absolute atomic E-state index is 0.00729. The van der Waals surface area contributed by atoms with Crippen LogP contribution in [0.2, 0.25) is 0 Å². The lowest BCUT2D eigenvalue weighted by atomic mass is 10.1. The van der Waals surface area contributed by atoms with Gasteiger partial charge in [0.2, 0.25) is 17.8 Å². The summed E-state index contributed by atoms with van der Waals surface area (Å²) in [7, 11) is 0. The first-order valence-electron chi connectivity index (χ1n) is 13.1. The SMILES string of the molecule is CC(=O)NC1=Nc2cc(OCCCC(=O)NN3CCCCC3)ccc2CN1CC(=O)OCc1ccccc1. The van der Waals surface area contributed by atoms with E-state index in [2.05, 4.69) is 15.7 Å². The van der Waals surface area contributed by atoms with Crippen molar-refractivity contribution in [2.75, 3.05) is 26.2 Å². The zero-order valence-corrected chi connectivity index (χ0v) is 21.8. The maximum Gasteiger partial charge on any atom is 0.325 e. The zero-order chi connectivity index (χ0) is 26.7. The molecule has 2 aliphatic rings. The van der Waals surface area contributed by atoms with Crippen LogP contribution in [0, 0.1) is 0 Å². The Bertz CT molecular complexity index is 1150. The first kappa shape index (κ1) is 27.1. The van der Waals surface area contributed by atoms with Crippen LogP contribution in [0.5, 0.6) is 5.75 Å². The van der Waals surface area contributed by atoms with E-state index >= 15 is 0 Å². The van der Waals surface area contributed by atoms with Gasteiger partial charge >= 0.3 is 5.97 Å². The van der Waals surface area contributed by atoms with Crippen LogP contribution in [0.3, 0.4) is 0 Å². The smallest absolute Gasteiger partial charge is 0.325 e. The van der Waals surface area contributed by atoms with Gasteiger partial charge in [-0.25, -0.2) is 10.0 Å². The number of carbonyl (C=O) groups is 3. The van der Waals surface area contributed by atoms with Crippen LogP contribution in [0.1, 0.15) is 50.2 Å². The Morgan fingerprint density at radius 3 is 2.58 bits per heavy atom. The second kappa shape index (κ2) is 13.6. The van der Waals surface area contributed by atoms with Crippen molar-refractivity contribution in [1.29, 1.82) is 0 Å². The standard InChI is InChI=1S/C28H35N5O5/c1-21(34)29-28-30-25-17-24(37-16-8-11-26(35)31-33-14-6-3-7-15-33)13-12-23(25)18-32(28)19-27(36)38-20-22-9-4-2-5-10-22/h2,4-5,9-10,12-13,17H,3,6-8,11,14-16,18-20H2,1H3,(H,31,35)(H,29,30,34). The van der Waals surface area contributed by atoms with Crippen molar-refractivity contribution in [1.82, 2.24) is 20.7 Å². The largest absolute Gasteiger partial charge is 0.494 e. The molecule has 0 bridgehead atoms. The van der Waals surface area contributed by atoms with E-state index in [1.54, 1.807) is 11.0 Å². The molecule has 0 radical (unpaired) electrons. The van der Waals surface area contributed by atoms with Crippen LogP contribution in [-0.4, -0.2) is 59.9 Å². The lowest BCUT2D eigenvalue weighted by Crippen LogP contribution is -2.46. The van der Waals surface area contributed by atoms with Gasteiger partial charge in [0.15, 0.2) is 0 Å². The summed E-state index contributed by atoms with van der Waals surface area (Å²) in [5.74, 6) is 0.215. The van der Waals surface area contributed by atoms with Crippen molar-refractivity contribution >= 4 is 29.4 Å². The van der Waals surface area contributed by atoms with Crippen LogP contribution in [0.15, 0.2) is 53.5 Å². The van der Waals surface area contributed by atoms with Gasteiger partial charge in [0, 0.05) is 39.0 Å². The number of carbonyl (C=O) groups excluding carboxylic acids is 3. The van der Waals surface area contributed by atoms with E-state index < -0.39 is 5.97 Å². The summed E-state index contributed by atoms with van der Waals surface area (Å²) in [6.07, 6.45) is 4.43. The highest BCUT2D eigenvalue weighted by Crippen LogP contribution is 2.30. The molecule has 0 unspecified atom stereocenters. The first-order chi connectivity index (χ1) is 18.5. The molecule has 1 saturated heterocycles. The van der Waals surface area contributed by atoms with Crippen molar-refractivity contribution in [2.24, 2.45) is 4.99 Å². The maximum absolute atomic E-state index is 12.5. The molecule has 2 aromatic rings. The number of nitrogens with zero attached hydrogens (tertiary/aromatic N) is 3. The number of esters is 1. The Kier molecular flexibility index (Phi) is 9.69. The van der Waals surface area contributed by atoms with Gasteiger partial charge in [-0.05, 0) is 36.5 Å². The van der Waals surface area contributed by atoms with E-state index in [9.17, 15) is 14.4 Å². The molecule has 0 aromatic heterocycles. The molecule has 1 fully saturated rings. The number of hydrazine groups is 1. The van der Waals surface area contributed by atoms with Crippen LogP contribution >= 0.6 is 0 Å². The topological polar surface area (TPSA) is 113 Å². The molecular weight excluding hydrogens is 486 g/mol. The Morgan fingerprint density at radius 1 is 1.03 bits per heavy atom. The number of piperidine rings is 1. The molecule has 2 heterocycles. The first-order valence-corrected chi connectivity index (χ1v) is 13.1. The summed E-state index contributed by atoms with van der Waals surface area (Å²) in [5, 5.41) is 4.70. The average molecular weight is 522 g/mol. The van der Waals surface area contributed by atoms with E-state index in [1.807, 2.05) is 47.5 Å². The average Bonchev–Trinajstić information content (AvgIpc) is 2.91. The normalized spacial score (nSPS) is 15.2. The van der Waals surface area contributed by atoms with Crippen LogP contribution in [0.4, 0.5) is 5.69 Å². The minimum atomic E-state index is -0.417. The highest BCUT2D eigenvalue weighted by atomic mass is 16.5. The minimum Gasteiger partial charge on any atom is -0.494 e. The molecule has 0 aliphatic carbocycles. The second-order valence-corrected chi connectivity index (χ2v) is 9.44. The zero-order valence-electron chi connectivity index (χ0n) is 21.8. The number of hydrogen-bond acceptors (Lipinski definition) is 8. The molecule has 2 amide bonds.